The normalized spacial score (nSPS) is 11.4. The fourth-order valence-corrected chi connectivity index (χ4v) is 4.06. The number of carbonyl (C=O) groups is 2. The Morgan fingerprint density at radius 3 is 2.24 bits per heavy atom. The molecule has 0 fully saturated rings. The average molecular weight is 523 g/mol. The molecule has 0 aliphatic heterocycles. The summed E-state index contributed by atoms with van der Waals surface area (Å²) in [5.74, 6) is 1.22. The summed E-state index contributed by atoms with van der Waals surface area (Å²) in [7, 11) is 1.62. The van der Waals surface area contributed by atoms with E-state index in [0.29, 0.717) is 43.3 Å². The molecule has 3 rings (SSSR count). The van der Waals surface area contributed by atoms with Crippen molar-refractivity contribution in [3.05, 3.63) is 95.0 Å². The van der Waals surface area contributed by atoms with Crippen molar-refractivity contribution in [3.63, 3.8) is 0 Å². The second kappa shape index (κ2) is 14.9. The quantitative estimate of drug-likeness (QED) is 0.277. The summed E-state index contributed by atoms with van der Waals surface area (Å²) in [5, 5.41) is 3.62. The third-order valence-electron chi connectivity index (χ3n) is 5.95. The van der Waals surface area contributed by atoms with Gasteiger partial charge in [-0.25, -0.2) is 0 Å². The minimum absolute atomic E-state index is 0.0964. The summed E-state index contributed by atoms with van der Waals surface area (Å²) in [6.07, 6.45) is 2.03. The van der Waals surface area contributed by atoms with Crippen molar-refractivity contribution in [2.45, 2.75) is 45.2 Å². The van der Waals surface area contributed by atoms with E-state index in [4.69, 9.17) is 21.1 Å². The van der Waals surface area contributed by atoms with E-state index in [1.807, 2.05) is 73.7 Å². The maximum Gasteiger partial charge on any atom is 0.243 e. The van der Waals surface area contributed by atoms with Gasteiger partial charge in [-0.1, -0.05) is 61.0 Å². The van der Waals surface area contributed by atoms with E-state index in [-0.39, 0.29) is 18.2 Å². The highest BCUT2D eigenvalue weighted by Gasteiger charge is 2.30. The predicted molar refractivity (Wildman–Crippen MR) is 147 cm³/mol. The van der Waals surface area contributed by atoms with Crippen molar-refractivity contribution in [1.29, 1.82) is 0 Å². The number of hydrogen-bond donors (Lipinski definition) is 1. The van der Waals surface area contributed by atoms with Gasteiger partial charge in [-0.2, -0.15) is 0 Å². The molecule has 0 saturated carbocycles. The Morgan fingerprint density at radius 2 is 1.59 bits per heavy atom. The van der Waals surface area contributed by atoms with Crippen molar-refractivity contribution >= 4 is 23.4 Å². The van der Waals surface area contributed by atoms with E-state index < -0.39 is 6.04 Å². The molecular weight excluding hydrogens is 488 g/mol. The van der Waals surface area contributed by atoms with Gasteiger partial charge < -0.3 is 19.7 Å². The van der Waals surface area contributed by atoms with Crippen LogP contribution in [0.3, 0.4) is 0 Å². The molecular formula is C30H35ClN2O4. The molecule has 0 unspecified atom stereocenters. The summed E-state index contributed by atoms with van der Waals surface area (Å²) in [4.78, 5) is 28.6. The van der Waals surface area contributed by atoms with Crippen LogP contribution >= 0.6 is 11.6 Å². The number of carbonyl (C=O) groups excluding carboxylic acids is 2. The van der Waals surface area contributed by atoms with Crippen molar-refractivity contribution in [3.8, 4) is 11.5 Å². The van der Waals surface area contributed by atoms with Crippen LogP contribution in [0.5, 0.6) is 11.5 Å². The number of nitrogens with one attached hydrogen (secondary N) is 1. The van der Waals surface area contributed by atoms with Crippen molar-refractivity contribution in [1.82, 2.24) is 10.2 Å². The van der Waals surface area contributed by atoms with Crippen molar-refractivity contribution in [2.24, 2.45) is 0 Å². The minimum atomic E-state index is -0.639. The highest BCUT2D eigenvalue weighted by Crippen LogP contribution is 2.19. The largest absolute Gasteiger partial charge is 0.497 e. The molecule has 37 heavy (non-hydrogen) atoms. The van der Waals surface area contributed by atoms with Crippen LogP contribution in [-0.4, -0.2) is 43.0 Å². The molecule has 0 bridgehead atoms. The lowest BCUT2D eigenvalue weighted by atomic mass is 10.0. The van der Waals surface area contributed by atoms with Gasteiger partial charge in [0.25, 0.3) is 0 Å². The molecule has 7 heteroatoms. The summed E-state index contributed by atoms with van der Waals surface area (Å²) in [6.45, 7) is 3.26. The van der Waals surface area contributed by atoms with Gasteiger partial charge in [0.05, 0.1) is 13.7 Å². The molecule has 0 spiro atoms. The van der Waals surface area contributed by atoms with Crippen LogP contribution in [-0.2, 0) is 22.6 Å². The van der Waals surface area contributed by atoms with Crippen molar-refractivity contribution < 1.29 is 19.1 Å². The number of ether oxygens (including phenoxy) is 2. The fraction of sp³-hybridized carbons (Fsp3) is 0.333. The Morgan fingerprint density at radius 1 is 0.919 bits per heavy atom. The highest BCUT2D eigenvalue weighted by atomic mass is 35.5. The van der Waals surface area contributed by atoms with E-state index in [1.54, 1.807) is 24.1 Å². The summed E-state index contributed by atoms with van der Waals surface area (Å²) >= 11 is 6.07. The van der Waals surface area contributed by atoms with Crippen LogP contribution in [0.25, 0.3) is 0 Å². The zero-order valence-electron chi connectivity index (χ0n) is 21.5. The van der Waals surface area contributed by atoms with E-state index in [1.165, 1.54) is 0 Å². The van der Waals surface area contributed by atoms with Gasteiger partial charge >= 0.3 is 0 Å². The first kappa shape index (κ1) is 28.1. The summed E-state index contributed by atoms with van der Waals surface area (Å²) < 4.78 is 11.0. The van der Waals surface area contributed by atoms with Crippen LogP contribution < -0.4 is 14.8 Å². The minimum Gasteiger partial charge on any atom is -0.497 e. The first-order chi connectivity index (χ1) is 18.0. The molecule has 1 atom stereocenters. The van der Waals surface area contributed by atoms with Crippen LogP contribution in [0.2, 0.25) is 5.02 Å². The van der Waals surface area contributed by atoms with Gasteiger partial charge in [-0.3, -0.25) is 9.59 Å². The molecule has 0 aromatic heterocycles. The molecule has 1 N–H and O–H groups in total. The number of nitrogens with zero attached hydrogens (tertiary/aromatic N) is 1. The summed E-state index contributed by atoms with van der Waals surface area (Å²) in [6, 6.07) is 23.8. The molecule has 3 aromatic rings. The number of halogens is 1. The summed E-state index contributed by atoms with van der Waals surface area (Å²) in [5.41, 5.74) is 1.91. The Bertz CT molecular complexity index is 1100. The number of benzene rings is 3. The van der Waals surface area contributed by atoms with Crippen LogP contribution in [0.1, 0.15) is 37.3 Å². The first-order valence-electron chi connectivity index (χ1n) is 12.6. The van der Waals surface area contributed by atoms with Crippen LogP contribution in [0, 0.1) is 0 Å². The van der Waals surface area contributed by atoms with Crippen LogP contribution in [0.4, 0.5) is 0 Å². The Labute approximate surface area is 224 Å². The Balaban J connectivity index is 1.74. The number of methoxy groups -OCH3 is 1. The first-order valence-corrected chi connectivity index (χ1v) is 13.0. The lowest BCUT2D eigenvalue weighted by molar-refractivity contribution is -0.141. The van der Waals surface area contributed by atoms with Gasteiger partial charge in [0.15, 0.2) is 0 Å². The van der Waals surface area contributed by atoms with Gasteiger partial charge in [0.1, 0.15) is 17.5 Å². The number of rotatable bonds is 14. The van der Waals surface area contributed by atoms with E-state index in [9.17, 15) is 9.59 Å². The van der Waals surface area contributed by atoms with E-state index in [0.717, 1.165) is 23.3 Å². The Kier molecular flexibility index (Phi) is 11.3. The van der Waals surface area contributed by atoms with Gasteiger partial charge in [0.2, 0.25) is 11.8 Å². The molecule has 196 valence electrons. The maximum atomic E-state index is 13.6. The highest BCUT2D eigenvalue weighted by molar-refractivity contribution is 6.30. The predicted octanol–water partition coefficient (Wildman–Crippen LogP) is 5.67. The molecule has 0 heterocycles. The molecule has 2 amide bonds. The average Bonchev–Trinajstić information content (AvgIpc) is 2.93. The van der Waals surface area contributed by atoms with E-state index in [2.05, 4.69) is 5.32 Å². The van der Waals surface area contributed by atoms with Gasteiger partial charge in [-0.15, -0.1) is 0 Å². The zero-order valence-corrected chi connectivity index (χ0v) is 22.2. The number of amides is 2. The molecule has 0 aliphatic rings. The molecule has 3 aromatic carbocycles. The van der Waals surface area contributed by atoms with Gasteiger partial charge in [0, 0.05) is 31.0 Å². The number of hydrogen-bond acceptors (Lipinski definition) is 4. The third-order valence-corrected chi connectivity index (χ3v) is 6.20. The smallest absolute Gasteiger partial charge is 0.243 e. The Hall–Kier alpha value is -3.51. The van der Waals surface area contributed by atoms with E-state index >= 15 is 0 Å². The van der Waals surface area contributed by atoms with Crippen molar-refractivity contribution in [2.75, 3.05) is 20.3 Å². The second-order valence-electron chi connectivity index (χ2n) is 8.77. The lowest BCUT2D eigenvalue weighted by Gasteiger charge is -2.31. The monoisotopic (exact) mass is 522 g/mol. The molecule has 0 saturated heterocycles. The zero-order chi connectivity index (χ0) is 26.5. The second-order valence-corrected chi connectivity index (χ2v) is 9.21. The molecule has 0 aliphatic carbocycles. The van der Waals surface area contributed by atoms with Gasteiger partial charge in [-0.05, 0) is 60.4 Å². The van der Waals surface area contributed by atoms with Crippen LogP contribution in [0.15, 0.2) is 78.9 Å². The third kappa shape index (κ3) is 9.14. The molecule has 0 radical (unpaired) electrons. The lowest BCUT2D eigenvalue weighted by Crippen LogP contribution is -2.50. The standard InChI is InChI=1S/C30H35ClN2O4/c1-3-19-32-30(35)28(21-23-8-5-4-6-9-23)33(22-24-11-13-25(31)14-12-24)29(34)10-7-20-37-27-17-15-26(36-2)16-18-27/h4-6,8-9,11-18,28H,3,7,10,19-22H2,1-2H3,(H,32,35)/t28-/m1/s1. The topological polar surface area (TPSA) is 67.9 Å². The SMILES string of the molecule is CCCNC(=O)[C@@H](Cc1ccccc1)N(Cc1ccc(Cl)cc1)C(=O)CCCOc1ccc(OC)cc1. The maximum absolute atomic E-state index is 13.6. The fourth-order valence-electron chi connectivity index (χ4n) is 3.94. The molecule has 6 nitrogen and oxygen atoms in total.